The lowest BCUT2D eigenvalue weighted by atomic mass is 10.1. The van der Waals surface area contributed by atoms with Crippen LogP contribution in [0.2, 0.25) is 0 Å². The maximum absolute atomic E-state index is 10.3. The zero-order chi connectivity index (χ0) is 12.1. The minimum absolute atomic E-state index is 0.0922. The van der Waals surface area contributed by atoms with E-state index in [0.29, 0.717) is 0 Å². The number of rotatable bonds is 5. The van der Waals surface area contributed by atoms with Crippen LogP contribution >= 0.6 is 0 Å². The van der Waals surface area contributed by atoms with Gasteiger partial charge >= 0.3 is 5.97 Å². The summed E-state index contributed by atoms with van der Waals surface area (Å²) in [5, 5.41) is 34.5. The zero-order valence-corrected chi connectivity index (χ0v) is 8.57. The quantitative estimate of drug-likeness (QED) is 0.614. The normalized spacial score (nSPS) is 14.2. The summed E-state index contributed by atoms with van der Waals surface area (Å²) < 4.78 is 4.76. The summed E-state index contributed by atoms with van der Waals surface area (Å²) in [7, 11) is 1.42. The number of hydrogen-bond donors (Lipinski definition) is 3. The summed E-state index contributed by atoms with van der Waals surface area (Å²) in [6, 6.07) is 2.86. The zero-order valence-electron chi connectivity index (χ0n) is 8.57. The summed E-state index contributed by atoms with van der Waals surface area (Å²) in [5.74, 6) is -0.934. The number of carboxylic acids is 1. The molecular formula is C9H12N2O5. The van der Waals surface area contributed by atoms with Gasteiger partial charge in [-0.1, -0.05) is 0 Å². The van der Waals surface area contributed by atoms with E-state index in [1.54, 1.807) is 0 Å². The number of methoxy groups -OCH3 is 1. The molecule has 0 amide bonds. The molecule has 16 heavy (non-hydrogen) atoms. The number of aromatic nitrogens is 2. The van der Waals surface area contributed by atoms with E-state index in [-0.39, 0.29) is 11.6 Å². The van der Waals surface area contributed by atoms with Crippen molar-refractivity contribution in [2.75, 3.05) is 7.11 Å². The van der Waals surface area contributed by atoms with E-state index in [0.717, 1.165) is 0 Å². The number of nitrogens with zero attached hydrogens (tertiary/aromatic N) is 2. The van der Waals surface area contributed by atoms with Gasteiger partial charge in [0.2, 0.25) is 5.88 Å². The topological polar surface area (TPSA) is 113 Å². The molecule has 1 aromatic heterocycles. The first-order valence-electron chi connectivity index (χ1n) is 4.50. The van der Waals surface area contributed by atoms with Gasteiger partial charge in [0.1, 0.15) is 6.10 Å². The van der Waals surface area contributed by atoms with Gasteiger partial charge in [-0.25, -0.2) is 0 Å². The van der Waals surface area contributed by atoms with Crippen molar-refractivity contribution < 1.29 is 24.9 Å². The third-order valence-electron chi connectivity index (χ3n) is 1.92. The van der Waals surface area contributed by atoms with Crippen molar-refractivity contribution in [2.45, 2.75) is 18.6 Å². The molecule has 0 saturated heterocycles. The molecule has 7 nitrogen and oxygen atoms in total. The average molecular weight is 228 g/mol. The maximum Gasteiger partial charge on any atom is 0.306 e. The molecule has 3 N–H and O–H groups in total. The van der Waals surface area contributed by atoms with Crippen molar-refractivity contribution in [1.29, 1.82) is 0 Å². The van der Waals surface area contributed by atoms with Crippen LogP contribution < -0.4 is 4.74 Å². The SMILES string of the molecule is COc1ccc(C(O)C(O)CC(=O)O)nn1. The monoisotopic (exact) mass is 228 g/mol. The van der Waals surface area contributed by atoms with Crippen molar-refractivity contribution in [3.05, 3.63) is 17.8 Å². The molecular weight excluding hydrogens is 216 g/mol. The van der Waals surface area contributed by atoms with Gasteiger partial charge in [0.05, 0.1) is 25.3 Å². The lowest BCUT2D eigenvalue weighted by molar-refractivity contribution is -0.141. The van der Waals surface area contributed by atoms with Gasteiger partial charge < -0.3 is 20.1 Å². The predicted molar refractivity (Wildman–Crippen MR) is 51.8 cm³/mol. The molecule has 1 heterocycles. The van der Waals surface area contributed by atoms with E-state index in [4.69, 9.17) is 9.84 Å². The largest absolute Gasteiger partial charge is 0.481 e. The third-order valence-corrected chi connectivity index (χ3v) is 1.92. The third kappa shape index (κ3) is 3.14. The highest BCUT2D eigenvalue weighted by Crippen LogP contribution is 2.17. The van der Waals surface area contributed by atoms with Gasteiger partial charge in [-0.05, 0) is 6.07 Å². The van der Waals surface area contributed by atoms with E-state index >= 15 is 0 Å². The van der Waals surface area contributed by atoms with Gasteiger partial charge in [0, 0.05) is 6.07 Å². The number of aliphatic hydroxyl groups is 2. The highest BCUT2D eigenvalue weighted by molar-refractivity contribution is 5.67. The van der Waals surface area contributed by atoms with Crippen molar-refractivity contribution >= 4 is 5.97 Å². The molecule has 2 unspecified atom stereocenters. The van der Waals surface area contributed by atoms with Gasteiger partial charge in [-0.2, -0.15) is 0 Å². The first-order valence-corrected chi connectivity index (χ1v) is 4.50. The van der Waals surface area contributed by atoms with Crippen LogP contribution in [0.4, 0.5) is 0 Å². The van der Waals surface area contributed by atoms with E-state index in [9.17, 15) is 15.0 Å². The molecule has 0 aliphatic heterocycles. The van der Waals surface area contributed by atoms with Gasteiger partial charge in [0.25, 0.3) is 0 Å². The molecule has 0 aliphatic carbocycles. The van der Waals surface area contributed by atoms with Crippen molar-refractivity contribution in [3.63, 3.8) is 0 Å². The Morgan fingerprint density at radius 2 is 2.12 bits per heavy atom. The average Bonchev–Trinajstić information content (AvgIpc) is 2.27. The first-order chi connectivity index (χ1) is 7.54. The lowest BCUT2D eigenvalue weighted by Gasteiger charge is -2.14. The number of aliphatic carboxylic acids is 1. The van der Waals surface area contributed by atoms with Crippen LogP contribution in [0.5, 0.6) is 5.88 Å². The fraction of sp³-hybridized carbons (Fsp3) is 0.444. The van der Waals surface area contributed by atoms with Gasteiger partial charge in [-0.3, -0.25) is 4.79 Å². The number of hydrogen-bond acceptors (Lipinski definition) is 6. The molecule has 0 radical (unpaired) electrons. The molecule has 0 fully saturated rings. The second-order valence-corrected chi connectivity index (χ2v) is 3.11. The van der Waals surface area contributed by atoms with E-state index in [1.807, 2.05) is 0 Å². The predicted octanol–water partition coefficient (Wildman–Crippen LogP) is -0.646. The Morgan fingerprint density at radius 1 is 1.44 bits per heavy atom. The number of ether oxygens (including phenoxy) is 1. The molecule has 0 spiro atoms. The second kappa shape index (κ2) is 5.38. The fourth-order valence-electron chi connectivity index (χ4n) is 1.08. The summed E-state index contributed by atoms with van der Waals surface area (Å²) in [5.41, 5.74) is 0.0922. The number of carboxylic acid groups (broad SMARTS) is 1. The van der Waals surface area contributed by atoms with E-state index in [1.165, 1.54) is 19.2 Å². The van der Waals surface area contributed by atoms with E-state index in [2.05, 4.69) is 10.2 Å². The Hall–Kier alpha value is -1.73. The standard InChI is InChI=1S/C9H12N2O5/c1-16-7-3-2-5(10-11-7)9(15)6(12)4-8(13)14/h2-3,6,9,12,15H,4H2,1H3,(H,13,14). The van der Waals surface area contributed by atoms with Crippen LogP contribution in [0.25, 0.3) is 0 Å². The second-order valence-electron chi connectivity index (χ2n) is 3.11. The van der Waals surface area contributed by atoms with Crippen molar-refractivity contribution in [1.82, 2.24) is 10.2 Å². The number of aliphatic hydroxyl groups excluding tert-OH is 2. The minimum Gasteiger partial charge on any atom is -0.481 e. The van der Waals surface area contributed by atoms with E-state index < -0.39 is 24.6 Å². The van der Waals surface area contributed by atoms with Crippen LogP contribution in [0.15, 0.2) is 12.1 Å². The maximum atomic E-state index is 10.3. The van der Waals surface area contributed by atoms with Crippen LogP contribution in [0.1, 0.15) is 18.2 Å². The molecule has 2 atom stereocenters. The Kier molecular flexibility index (Phi) is 4.15. The van der Waals surface area contributed by atoms with Crippen LogP contribution in [0, 0.1) is 0 Å². The van der Waals surface area contributed by atoms with Gasteiger partial charge in [-0.15, -0.1) is 10.2 Å². The molecule has 0 aliphatic rings. The Balaban J connectivity index is 2.71. The smallest absolute Gasteiger partial charge is 0.306 e. The summed E-state index contributed by atoms with van der Waals surface area (Å²) in [6.07, 6.45) is -3.36. The minimum atomic E-state index is -1.42. The number of carbonyl (C=O) groups is 1. The van der Waals surface area contributed by atoms with Crippen LogP contribution in [0.3, 0.4) is 0 Å². The molecule has 7 heteroatoms. The Labute approximate surface area is 91.3 Å². The highest BCUT2D eigenvalue weighted by atomic mass is 16.5. The van der Waals surface area contributed by atoms with Crippen LogP contribution in [-0.4, -0.2) is 44.7 Å². The first kappa shape index (κ1) is 12.3. The summed E-state index contributed by atoms with van der Waals surface area (Å²) >= 11 is 0. The molecule has 1 aromatic rings. The summed E-state index contributed by atoms with van der Waals surface area (Å²) in [4.78, 5) is 10.3. The summed E-state index contributed by atoms with van der Waals surface area (Å²) in [6.45, 7) is 0. The molecule has 1 rings (SSSR count). The molecule has 0 bridgehead atoms. The molecule has 88 valence electrons. The Bertz CT molecular complexity index is 353. The highest BCUT2D eigenvalue weighted by Gasteiger charge is 2.22. The molecule has 0 saturated carbocycles. The Morgan fingerprint density at radius 3 is 2.56 bits per heavy atom. The van der Waals surface area contributed by atoms with Crippen LogP contribution in [-0.2, 0) is 4.79 Å². The van der Waals surface area contributed by atoms with Gasteiger partial charge in [0.15, 0.2) is 0 Å². The fourth-order valence-corrected chi connectivity index (χ4v) is 1.08. The molecule has 0 aromatic carbocycles. The lowest BCUT2D eigenvalue weighted by Crippen LogP contribution is -2.22. The van der Waals surface area contributed by atoms with Crippen molar-refractivity contribution in [2.24, 2.45) is 0 Å². The van der Waals surface area contributed by atoms with Crippen molar-refractivity contribution in [3.8, 4) is 5.88 Å².